The van der Waals surface area contributed by atoms with Crippen LogP contribution in [0.1, 0.15) is 19.5 Å². The summed E-state index contributed by atoms with van der Waals surface area (Å²) in [6.45, 7) is 4.72. The summed E-state index contributed by atoms with van der Waals surface area (Å²) >= 11 is 5.23. The minimum atomic E-state index is -0.671. The molecule has 0 unspecified atom stereocenters. The van der Waals surface area contributed by atoms with Crippen molar-refractivity contribution >= 4 is 29.1 Å². The molecule has 0 spiro atoms. The van der Waals surface area contributed by atoms with E-state index in [4.69, 9.17) is 12.2 Å². The third-order valence-corrected chi connectivity index (χ3v) is 4.13. The Morgan fingerprint density at radius 2 is 1.70 bits per heavy atom. The summed E-state index contributed by atoms with van der Waals surface area (Å²) in [5, 5.41) is 0.327. The highest BCUT2D eigenvalue weighted by Crippen LogP contribution is 2.21. The predicted octanol–water partition coefficient (Wildman–Crippen LogP) is 1.18. The van der Waals surface area contributed by atoms with Gasteiger partial charge in [-0.05, 0) is 38.2 Å². The zero-order chi connectivity index (χ0) is 14.9. The van der Waals surface area contributed by atoms with Gasteiger partial charge in [-0.25, -0.2) is 0 Å². The molecule has 1 aliphatic heterocycles. The van der Waals surface area contributed by atoms with Gasteiger partial charge in [0.2, 0.25) is 11.8 Å². The molecule has 0 atom stereocenters. The number of carbonyl (C=O) groups excluding carboxylic acids is 2. The SMILES string of the molecule is CCN1C(=O)C(Cc2cccn2C)C(=O)N(CC)C1=S. The minimum Gasteiger partial charge on any atom is -0.354 e. The maximum atomic E-state index is 12.5. The molecule has 0 aliphatic carbocycles. The van der Waals surface area contributed by atoms with Crippen LogP contribution in [0.3, 0.4) is 0 Å². The van der Waals surface area contributed by atoms with Gasteiger partial charge in [0.1, 0.15) is 5.92 Å². The number of aromatic nitrogens is 1. The fourth-order valence-corrected chi connectivity index (χ4v) is 2.93. The Balaban J connectivity index is 2.30. The second kappa shape index (κ2) is 5.75. The van der Waals surface area contributed by atoms with Crippen molar-refractivity contribution in [1.29, 1.82) is 0 Å². The molecule has 0 N–H and O–H groups in total. The van der Waals surface area contributed by atoms with Crippen LogP contribution in [0.25, 0.3) is 0 Å². The zero-order valence-corrected chi connectivity index (χ0v) is 12.8. The first kappa shape index (κ1) is 14.7. The van der Waals surface area contributed by atoms with Crippen LogP contribution in [-0.2, 0) is 23.1 Å². The van der Waals surface area contributed by atoms with Crippen molar-refractivity contribution in [2.75, 3.05) is 13.1 Å². The van der Waals surface area contributed by atoms with Crippen molar-refractivity contribution in [1.82, 2.24) is 14.4 Å². The largest absolute Gasteiger partial charge is 0.354 e. The molecule has 1 fully saturated rings. The highest BCUT2D eigenvalue weighted by molar-refractivity contribution is 7.80. The van der Waals surface area contributed by atoms with E-state index in [1.807, 2.05) is 43.8 Å². The number of nitrogens with zero attached hydrogens (tertiary/aromatic N) is 3. The van der Waals surface area contributed by atoms with Gasteiger partial charge in [-0.15, -0.1) is 0 Å². The van der Waals surface area contributed by atoms with Gasteiger partial charge in [0.05, 0.1) is 0 Å². The maximum Gasteiger partial charge on any atom is 0.241 e. The summed E-state index contributed by atoms with van der Waals surface area (Å²) in [6, 6.07) is 3.84. The molecular weight excluding hydrogens is 274 g/mol. The molecule has 6 heteroatoms. The highest BCUT2D eigenvalue weighted by atomic mass is 32.1. The molecule has 0 bridgehead atoms. The number of hydrogen-bond donors (Lipinski definition) is 0. The van der Waals surface area contributed by atoms with E-state index in [0.717, 1.165) is 5.69 Å². The van der Waals surface area contributed by atoms with Crippen molar-refractivity contribution in [3.8, 4) is 0 Å². The van der Waals surface area contributed by atoms with Crippen molar-refractivity contribution in [2.24, 2.45) is 13.0 Å². The van der Waals surface area contributed by atoms with E-state index in [0.29, 0.717) is 24.6 Å². The molecule has 2 amide bonds. The molecule has 1 aromatic heterocycles. The van der Waals surface area contributed by atoms with Crippen molar-refractivity contribution < 1.29 is 9.59 Å². The fourth-order valence-electron chi connectivity index (χ4n) is 2.49. The van der Waals surface area contributed by atoms with Gasteiger partial charge in [0.15, 0.2) is 5.11 Å². The van der Waals surface area contributed by atoms with Gasteiger partial charge in [-0.1, -0.05) is 0 Å². The lowest BCUT2D eigenvalue weighted by atomic mass is 9.97. The first-order valence-corrected chi connectivity index (χ1v) is 7.19. The van der Waals surface area contributed by atoms with Crippen molar-refractivity contribution in [3.05, 3.63) is 24.0 Å². The monoisotopic (exact) mass is 293 g/mol. The summed E-state index contributed by atoms with van der Waals surface area (Å²) < 4.78 is 1.93. The number of hydrogen-bond acceptors (Lipinski definition) is 3. The van der Waals surface area contributed by atoms with E-state index in [1.165, 1.54) is 9.80 Å². The number of rotatable bonds is 4. The molecule has 2 heterocycles. The van der Waals surface area contributed by atoms with Crippen LogP contribution in [0.15, 0.2) is 18.3 Å². The topological polar surface area (TPSA) is 45.6 Å². The van der Waals surface area contributed by atoms with E-state index in [1.54, 1.807) is 0 Å². The van der Waals surface area contributed by atoms with E-state index in [9.17, 15) is 9.59 Å². The molecule has 2 rings (SSSR count). The number of carbonyl (C=O) groups is 2. The van der Waals surface area contributed by atoms with E-state index < -0.39 is 5.92 Å². The Morgan fingerprint density at radius 3 is 2.10 bits per heavy atom. The van der Waals surface area contributed by atoms with Crippen LogP contribution in [0.4, 0.5) is 0 Å². The molecule has 20 heavy (non-hydrogen) atoms. The molecule has 0 saturated carbocycles. The van der Waals surface area contributed by atoms with Crippen molar-refractivity contribution in [2.45, 2.75) is 20.3 Å². The highest BCUT2D eigenvalue weighted by Gasteiger charge is 2.42. The van der Waals surface area contributed by atoms with E-state index in [-0.39, 0.29) is 11.8 Å². The Labute approximate surface area is 124 Å². The van der Waals surface area contributed by atoms with Crippen LogP contribution in [0.5, 0.6) is 0 Å². The average molecular weight is 293 g/mol. The predicted molar refractivity (Wildman–Crippen MR) is 80.0 cm³/mol. The maximum absolute atomic E-state index is 12.5. The van der Waals surface area contributed by atoms with Crippen LogP contribution < -0.4 is 0 Å². The smallest absolute Gasteiger partial charge is 0.241 e. The molecule has 1 saturated heterocycles. The lowest BCUT2D eigenvalue weighted by Crippen LogP contribution is -2.59. The minimum absolute atomic E-state index is 0.187. The second-order valence-corrected chi connectivity index (χ2v) is 5.18. The lowest BCUT2D eigenvalue weighted by molar-refractivity contribution is -0.146. The number of thiocarbonyl (C=S) groups is 1. The van der Waals surface area contributed by atoms with Crippen LogP contribution >= 0.6 is 12.2 Å². The van der Waals surface area contributed by atoms with Gasteiger partial charge in [0, 0.05) is 38.4 Å². The average Bonchev–Trinajstić information content (AvgIpc) is 2.81. The second-order valence-electron chi connectivity index (χ2n) is 4.81. The van der Waals surface area contributed by atoms with E-state index >= 15 is 0 Å². The third-order valence-electron chi connectivity index (χ3n) is 3.69. The number of amides is 2. The molecule has 0 radical (unpaired) electrons. The first-order chi connectivity index (χ1) is 9.51. The van der Waals surface area contributed by atoms with E-state index in [2.05, 4.69) is 0 Å². The summed E-state index contributed by atoms with van der Waals surface area (Å²) in [5.41, 5.74) is 0.969. The standard InChI is InChI=1S/C14H19N3O2S/c1-4-16-12(18)11(9-10-7-6-8-15(10)3)13(19)17(5-2)14(16)20/h6-8,11H,4-5,9H2,1-3H3. The zero-order valence-electron chi connectivity index (χ0n) is 12.0. The van der Waals surface area contributed by atoms with Crippen molar-refractivity contribution in [3.63, 3.8) is 0 Å². The van der Waals surface area contributed by atoms with Gasteiger partial charge in [0.25, 0.3) is 0 Å². The van der Waals surface area contributed by atoms with Crippen LogP contribution in [0.2, 0.25) is 0 Å². The molecule has 108 valence electrons. The Bertz CT molecular complexity index is 526. The molecule has 0 aromatic carbocycles. The Kier molecular flexibility index (Phi) is 4.23. The molecule has 1 aromatic rings. The molecular formula is C14H19N3O2S. The Morgan fingerprint density at radius 1 is 1.15 bits per heavy atom. The lowest BCUT2D eigenvalue weighted by Gasteiger charge is -2.38. The fraction of sp³-hybridized carbons (Fsp3) is 0.500. The third kappa shape index (κ3) is 2.35. The first-order valence-electron chi connectivity index (χ1n) is 6.78. The van der Waals surface area contributed by atoms with Crippen LogP contribution in [-0.4, -0.2) is 44.4 Å². The molecule has 5 nitrogen and oxygen atoms in total. The summed E-state index contributed by atoms with van der Waals surface area (Å²) in [5.74, 6) is -1.04. The summed E-state index contributed by atoms with van der Waals surface area (Å²) in [7, 11) is 1.91. The number of aryl methyl sites for hydroxylation is 1. The van der Waals surface area contributed by atoms with Gasteiger partial charge >= 0.3 is 0 Å². The Hall–Kier alpha value is -1.69. The molecule has 1 aliphatic rings. The van der Waals surface area contributed by atoms with Gasteiger partial charge in [-0.2, -0.15) is 0 Å². The van der Waals surface area contributed by atoms with Crippen LogP contribution in [0, 0.1) is 5.92 Å². The summed E-state index contributed by atoms with van der Waals surface area (Å²) in [4.78, 5) is 28.0. The quantitative estimate of drug-likeness (QED) is 0.618. The summed E-state index contributed by atoms with van der Waals surface area (Å²) in [6.07, 6.45) is 2.32. The van der Waals surface area contributed by atoms with Gasteiger partial charge in [-0.3, -0.25) is 19.4 Å². The van der Waals surface area contributed by atoms with Gasteiger partial charge < -0.3 is 4.57 Å². The normalized spacial score (nSPS) is 17.2.